The number of hydrogen-bond donors (Lipinski definition) is 1. The molecule has 2 aliphatic heterocycles. The lowest BCUT2D eigenvalue weighted by molar-refractivity contribution is -0.147. The maximum absolute atomic E-state index is 12.5. The predicted octanol–water partition coefficient (Wildman–Crippen LogP) is 0.718. The zero-order valence-electron chi connectivity index (χ0n) is 11.2. The molecule has 2 saturated heterocycles. The second kappa shape index (κ2) is 6.00. The van der Waals surface area contributed by atoms with Crippen LogP contribution in [-0.4, -0.2) is 76.3 Å². The number of amides is 2. The highest BCUT2D eigenvalue weighted by Gasteiger charge is 2.37. The summed E-state index contributed by atoms with van der Waals surface area (Å²) in [6.45, 7) is 6.37. The third-order valence-electron chi connectivity index (χ3n) is 3.35. The Morgan fingerprint density at radius 3 is 2.47 bits per heavy atom. The zero-order chi connectivity index (χ0) is 14.0. The van der Waals surface area contributed by atoms with Gasteiger partial charge in [0.15, 0.2) is 6.04 Å². The summed E-state index contributed by atoms with van der Waals surface area (Å²) in [5.74, 6) is -1.000. The van der Waals surface area contributed by atoms with Crippen molar-refractivity contribution in [1.29, 1.82) is 0 Å². The van der Waals surface area contributed by atoms with E-state index in [0.717, 1.165) is 0 Å². The molecule has 0 spiro atoms. The molecule has 0 aromatic rings. The number of carbonyl (C=O) groups excluding carboxylic acids is 1. The van der Waals surface area contributed by atoms with E-state index < -0.39 is 12.0 Å². The largest absolute Gasteiger partial charge is 0.480 e. The lowest BCUT2D eigenvalue weighted by atomic mass is 10.2. The van der Waals surface area contributed by atoms with Crippen LogP contribution in [0.4, 0.5) is 4.79 Å². The molecule has 6 nitrogen and oxygen atoms in total. The molecule has 1 N–H and O–H groups in total. The van der Waals surface area contributed by atoms with Crippen molar-refractivity contribution in [3.8, 4) is 0 Å². The van der Waals surface area contributed by atoms with Crippen LogP contribution in [-0.2, 0) is 9.53 Å². The summed E-state index contributed by atoms with van der Waals surface area (Å²) >= 11 is 1.86. The van der Waals surface area contributed by atoms with Gasteiger partial charge < -0.3 is 19.6 Å². The molecule has 0 bridgehead atoms. The molecule has 2 amide bonds. The number of carbonyl (C=O) groups is 2. The van der Waals surface area contributed by atoms with E-state index >= 15 is 0 Å². The van der Waals surface area contributed by atoms with Crippen molar-refractivity contribution in [3.63, 3.8) is 0 Å². The van der Waals surface area contributed by atoms with Crippen molar-refractivity contribution < 1.29 is 19.4 Å². The lowest BCUT2D eigenvalue weighted by Gasteiger charge is -2.40. The molecule has 0 aromatic carbocycles. The van der Waals surface area contributed by atoms with Crippen LogP contribution >= 0.6 is 11.8 Å². The Morgan fingerprint density at radius 1 is 1.26 bits per heavy atom. The van der Waals surface area contributed by atoms with E-state index in [0.29, 0.717) is 36.7 Å². The van der Waals surface area contributed by atoms with Crippen molar-refractivity contribution in [2.75, 3.05) is 32.8 Å². The normalized spacial score (nSPS) is 32.2. The molecule has 2 heterocycles. The van der Waals surface area contributed by atoms with Crippen LogP contribution < -0.4 is 0 Å². The maximum atomic E-state index is 12.5. The quantitative estimate of drug-likeness (QED) is 0.770. The molecule has 0 aliphatic carbocycles. The zero-order valence-corrected chi connectivity index (χ0v) is 12.1. The van der Waals surface area contributed by atoms with E-state index in [9.17, 15) is 9.59 Å². The first kappa shape index (κ1) is 14.5. The Hall–Kier alpha value is -0.950. The minimum absolute atomic E-state index is 0.0781. The van der Waals surface area contributed by atoms with Gasteiger partial charge in [-0.05, 0) is 0 Å². The van der Waals surface area contributed by atoms with Crippen LogP contribution in [0.25, 0.3) is 0 Å². The second-order valence-corrected chi connectivity index (χ2v) is 6.95. The Balaban J connectivity index is 2.06. The van der Waals surface area contributed by atoms with Gasteiger partial charge in [-0.1, -0.05) is 13.8 Å². The van der Waals surface area contributed by atoms with Gasteiger partial charge in [0, 0.05) is 30.1 Å². The highest BCUT2D eigenvalue weighted by molar-refractivity contribution is 8.00. The molecule has 108 valence electrons. The summed E-state index contributed by atoms with van der Waals surface area (Å²) in [4.78, 5) is 26.9. The summed E-state index contributed by atoms with van der Waals surface area (Å²) < 4.78 is 5.16. The van der Waals surface area contributed by atoms with Crippen LogP contribution in [0.5, 0.6) is 0 Å². The van der Waals surface area contributed by atoms with Gasteiger partial charge in [0.1, 0.15) is 0 Å². The number of carboxylic acids is 1. The van der Waals surface area contributed by atoms with Crippen molar-refractivity contribution >= 4 is 23.8 Å². The summed E-state index contributed by atoms with van der Waals surface area (Å²) in [5, 5.41) is 9.94. The van der Waals surface area contributed by atoms with Gasteiger partial charge in [-0.15, -0.1) is 0 Å². The number of rotatable bonds is 1. The van der Waals surface area contributed by atoms with Crippen LogP contribution in [0.15, 0.2) is 0 Å². The first-order valence-corrected chi connectivity index (χ1v) is 7.45. The van der Waals surface area contributed by atoms with Gasteiger partial charge in [-0.3, -0.25) is 0 Å². The fourth-order valence-electron chi connectivity index (χ4n) is 2.55. The minimum Gasteiger partial charge on any atom is -0.480 e. The molecule has 2 rings (SSSR count). The topological polar surface area (TPSA) is 70.1 Å². The van der Waals surface area contributed by atoms with Gasteiger partial charge in [-0.25, -0.2) is 9.59 Å². The van der Waals surface area contributed by atoms with Gasteiger partial charge in [0.2, 0.25) is 0 Å². The van der Waals surface area contributed by atoms with Gasteiger partial charge >= 0.3 is 12.0 Å². The SMILES string of the molecule is CC1CN(C(=O)N2CCOCC2C(=O)O)CC(C)S1. The fourth-order valence-corrected chi connectivity index (χ4v) is 3.88. The number of thioether (sulfide) groups is 1. The van der Waals surface area contributed by atoms with Gasteiger partial charge in [0.25, 0.3) is 0 Å². The molecule has 19 heavy (non-hydrogen) atoms. The van der Waals surface area contributed by atoms with Gasteiger partial charge in [-0.2, -0.15) is 11.8 Å². The van der Waals surface area contributed by atoms with Crippen LogP contribution in [0, 0.1) is 0 Å². The molecule has 0 aromatic heterocycles. The number of aliphatic carboxylic acids is 1. The minimum atomic E-state index is -1.000. The Labute approximate surface area is 117 Å². The molecule has 2 aliphatic rings. The average molecular weight is 288 g/mol. The molecular weight excluding hydrogens is 268 g/mol. The highest BCUT2D eigenvalue weighted by atomic mass is 32.2. The van der Waals surface area contributed by atoms with Crippen molar-refractivity contribution in [2.45, 2.75) is 30.4 Å². The standard InChI is InChI=1S/C12H20N2O4S/c1-8-5-13(6-9(2)19-8)12(17)14-3-4-18-7-10(14)11(15)16/h8-10H,3-7H2,1-2H3,(H,15,16). The smallest absolute Gasteiger partial charge is 0.328 e. The molecule has 2 fully saturated rings. The van der Waals surface area contributed by atoms with E-state index in [-0.39, 0.29) is 12.6 Å². The van der Waals surface area contributed by atoms with Gasteiger partial charge in [0.05, 0.1) is 13.2 Å². The number of ether oxygens (including phenoxy) is 1. The Kier molecular flexibility index (Phi) is 4.57. The van der Waals surface area contributed by atoms with E-state index in [1.54, 1.807) is 4.90 Å². The number of nitrogens with zero attached hydrogens (tertiary/aromatic N) is 2. The van der Waals surface area contributed by atoms with Crippen LogP contribution in [0.2, 0.25) is 0 Å². The molecule has 0 saturated carbocycles. The van der Waals surface area contributed by atoms with Crippen molar-refractivity contribution in [2.24, 2.45) is 0 Å². The summed E-state index contributed by atoms with van der Waals surface area (Å²) in [5.41, 5.74) is 0. The van der Waals surface area contributed by atoms with E-state index in [4.69, 9.17) is 9.84 Å². The summed E-state index contributed by atoms with van der Waals surface area (Å²) in [6, 6.07) is -1.03. The molecule has 3 unspecified atom stereocenters. The van der Waals surface area contributed by atoms with E-state index in [1.165, 1.54) is 4.90 Å². The molecule has 3 atom stereocenters. The van der Waals surface area contributed by atoms with E-state index in [1.807, 2.05) is 11.8 Å². The monoisotopic (exact) mass is 288 g/mol. The Morgan fingerprint density at radius 2 is 1.89 bits per heavy atom. The molecular formula is C12H20N2O4S. The highest BCUT2D eigenvalue weighted by Crippen LogP contribution is 2.26. The summed E-state index contributed by atoms with van der Waals surface area (Å²) in [7, 11) is 0. The number of hydrogen-bond acceptors (Lipinski definition) is 4. The van der Waals surface area contributed by atoms with Crippen molar-refractivity contribution in [1.82, 2.24) is 9.80 Å². The second-order valence-electron chi connectivity index (χ2n) is 5.07. The first-order chi connectivity index (χ1) is 8.99. The number of carboxylic acid groups (broad SMARTS) is 1. The van der Waals surface area contributed by atoms with E-state index in [2.05, 4.69) is 13.8 Å². The lowest BCUT2D eigenvalue weighted by Crippen LogP contribution is -2.58. The number of urea groups is 1. The average Bonchev–Trinajstić information content (AvgIpc) is 2.36. The maximum Gasteiger partial charge on any atom is 0.328 e. The van der Waals surface area contributed by atoms with Crippen LogP contribution in [0.3, 0.4) is 0 Å². The van der Waals surface area contributed by atoms with Crippen molar-refractivity contribution in [3.05, 3.63) is 0 Å². The molecule has 7 heteroatoms. The third kappa shape index (κ3) is 3.33. The third-order valence-corrected chi connectivity index (χ3v) is 4.58. The predicted molar refractivity (Wildman–Crippen MR) is 72.4 cm³/mol. The molecule has 0 radical (unpaired) electrons. The summed E-state index contributed by atoms with van der Waals surface area (Å²) in [6.07, 6.45) is 0. The van der Waals surface area contributed by atoms with Crippen LogP contribution in [0.1, 0.15) is 13.8 Å². The number of morpholine rings is 1. The Bertz CT molecular complexity index is 356. The first-order valence-electron chi connectivity index (χ1n) is 6.50. The fraction of sp³-hybridized carbons (Fsp3) is 0.833.